The van der Waals surface area contributed by atoms with Gasteiger partial charge in [0.25, 0.3) is 0 Å². The molecule has 0 heterocycles. The summed E-state index contributed by atoms with van der Waals surface area (Å²) < 4.78 is 0. The molecule has 98 valence electrons. The first kappa shape index (κ1) is 14.2. The van der Waals surface area contributed by atoms with E-state index in [1.54, 1.807) is 13.0 Å². The zero-order chi connectivity index (χ0) is 13.7. The molecular formula is C13H18N2O3. The summed E-state index contributed by atoms with van der Waals surface area (Å²) in [5.74, 6) is -1.48. The highest BCUT2D eigenvalue weighted by molar-refractivity contribution is 6.39. The summed E-state index contributed by atoms with van der Waals surface area (Å²) in [6.07, 6.45) is 0. The minimum absolute atomic E-state index is 0.206. The Hall–Kier alpha value is -1.88. The van der Waals surface area contributed by atoms with E-state index in [-0.39, 0.29) is 6.61 Å². The lowest BCUT2D eigenvalue weighted by atomic mass is 10.1. The van der Waals surface area contributed by atoms with E-state index >= 15 is 0 Å². The van der Waals surface area contributed by atoms with Crippen LogP contribution in [0.15, 0.2) is 18.2 Å². The monoisotopic (exact) mass is 250 g/mol. The maximum Gasteiger partial charge on any atom is 0.313 e. The van der Waals surface area contributed by atoms with Crippen molar-refractivity contribution in [3.63, 3.8) is 0 Å². The SMILES string of the molecule is Cc1cccc(NC(=O)C(=O)NC(C)CO)c1C. The van der Waals surface area contributed by atoms with Crippen LogP contribution in [0.1, 0.15) is 18.1 Å². The molecule has 0 aliphatic heterocycles. The molecule has 0 aliphatic carbocycles. The summed E-state index contributed by atoms with van der Waals surface area (Å²) in [7, 11) is 0. The van der Waals surface area contributed by atoms with Crippen LogP contribution in [0, 0.1) is 13.8 Å². The second-order valence-electron chi connectivity index (χ2n) is 4.26. The maximum absolute atomic E-state index is 11.6. The normalized spacial score (nSPS) is 11.8. The Balaban J connectivity index is 2.70. The molecule has 5 nitrogen and oxygen atoms in total. The summed E-state index contributed by atoms with van der Waals surface area (Å²) in [6, 6.07) is 5.04. The van der Waals surface area contributed by atoms with Gasteiger partial charge < -0.3 is 15.7 Å². The van der Waals surface area contributed by atoms with Crippen molar-refractivity contribution in [2.45, 2.75) is 26.8 Å². The Morgan fingerprint density at radius 2 is 1.94 bits per heavy atom. The number of benzene rings is 1. The van der Waals surface area contributed by atoms with Gasteiger partial charge in [-0.05, 0) is 38.0 Å². The molecule has 3 N–H and O–H groups in total. The summed E-state index contributed by atoms with van der Waals surface area (Å²) >= 11 is 0. The lowest BCUT2D eigenvalue weighted by molar-refractivity contribution is -0.136. The van der Waals surface area contributed by atoms with E-state index in [1.807, 2.05) is 26.0 Å². The number of carbonyl (C=O) groups is 2. The number of anilines is 1. The van der Waals surface area contributed by atoms with Gasteiger partial charge in [0.1, 0.15) is 0 Å². The topological polar surface area (TPSA) is 78.4 Å². The van der Waals surface area contributed by atoms with E-state index < -0.39 is 17.9 Å². The van der Waals surface area contributed by atoms with Gasteiger partial charge in [-0.25, -0.2) is 0 Å². The van der Waals surface area contributed by atoms with Crippen molar-refractivity contribution in [1.29, 1.82) is 0 Å². The van der Waals surface area contributed by atoms with Gasteiger partial charge in [0.15, 0.2) is 0 Å². The lowest BCUT2D eigenvalue weighted by Gasteiger charge is -2.12. The van der Waals surface area contributed by atoms with Gasteiger partial charge in [-0.3, -0.25) is 9.59 Å². The van der Waals surface area contributed by atoms with Crippen LogP contribution >= 0.6 is 0 Å². The van der Waals surface area contributed by atoms with Crippen LogP contribution in [-0.2, 0) is 9.59 Å². The molecule has 0 saturated carbocycles. The lowest BCUT2D eigenvalue weighted by Crippen LogP contribution is -2.42. The fraction of sp³-hybridized carbons (Fsp3) is 0.385. The second-order valence-corrected chi connectivity index (χ2v) is 4.26. The van der Waals surface area contributed by atoms with Crippen molar-refractivity contribution in [3.05, 3.63) is 29.3 Å². The number of hydrogen-bond acceptors (Lipinski definition) is 3. The molecule has 0 aliphatic rings. The average Bonchev–Trinajstić information content (AvgIpc) is 2.34. The Morgan fingerprint density at radius 3 is 2.56 bits per heavy atom. The zero-order valence-electron chi connectivity index (χ0n) is 10.8. The summed E-state index contributed by atoms with van der Waals surface area (Å²) in [5, 5.41) is 13.7. The standard InChI is InChI=1S/C13H18N2O3/c1-8-5-4-6-11(10(8)3)15-13(18)12(17)14-9(2)7-16/h4-6,9,16H,7H2,1-3H3,(H,14,17)(H,15,18). The van der Waals surface area contributed by atoms with E-state index in [9.17, 15) is 9.59 Å². The number of amides is 2. The highest BCUT2D eigenvalue weighted by atomic mass is 16.3. The van der Waals surface area contributed by atoms with Gasteiger partial charge in [-0.15, -0.1) is 0 Å². The number of hydrogen-bond donors (Lipinski definition) is 3. The molecule has 1 aromatic rings. The van der Waals surface area contributed by atoms with Crippen LogP contribution in [0.2, 0.25) is 0 Å². The van der Waals surface area contributed by atoms with Crippen LogP contribution in [0.3, 0.4) is 0 Å². The number of aliphatic hydroxyl groups excluding tert-OH is 1. The first-order chi connectivity index (χ1) is 8.45. The molecule has 0 bridgehead atoms. The number of nitrogens with one attached hydrogen (secondary N) is 2. The van der Waals surface area contributed by atoms with Gasteiger partial charge in [0.2, 0.25) is 0 Å². The van der Waals surface area contributed by atoms with Crippen LogP contribution in [0.25, 0.3) is 0 Å². The molecule has 1 aromatic carbocycles. The maximum atomic E-state index is 11.6. The molecule has 1 unspecified atom stereocenters. The third-order valence-electron chi connectivity index (χ3n) is 2.71. The van der Waals surface area contributed by atoms with Crippen molar-refractivity contribution in [3.8, 4) is 0 Å². The van der Waals surface area contributed by atoms with E-state index in [1.165, 1.54) is 0 Å². The molecule has 2 amide bonds. The predicted octanol–water partition coefficient (Wildman–Crippen LogP) is 0.739. The highest BCUT2D eigenvalue weighted by Crippen LogP contribution is 2.17. The summed E-state index contributed by atoms with van der Waals surface area (Å²) in [4.78, 5) is 23.1. The quantitative estimate of drug-likeness (QED) is 0.692. The van der Waals surface area contributed by atoms with Gasteiger partial charge in [0.05, 0.1) is 6.61 Å². The molecule has 18 heavy (non-hydrogen) atoms. The summed E-state index contributed by atoms with van der Waals surface area (Å²) in [5.41, 5.74) is 2.58. The van der Waals surface area contributed by atoms with Crippen LogP contribution in [-0.4, -0.2) is 29.6 Å². The van der Waals surface area contributed by atoms with Gasteiger partial charge in [-0.2, -0.15) is 0 Å². The third kappa shape index (κ3) is 3.56. The van der Waals surface area contributed by atoms with E-state index in [0.29, 0.717) is 5.69 Å². The van der Waals surface area contributed by atoms with Crippen molar-refractivity contribution in [2.24, 2.45) is 0 Å². The van der Waals surface area contributed by atoms with E-state index in [0.717, 1.165) is 11.1 Å². The second kappa shape index (κ2) is 6.16. The molecule has 1 rings (SSSR count). The molecule has 0 spiro atoms. The minimum atomic E-state index is -0.752. The fourth-order valence-electron chi connectivity index (χ4n) is 1.40. The summed E-state index contributed by atoms with van der Waals surface area (Å²) in [6.45, 7) is 5.21. The molecule has 1 atom stereocenters. The van der Waals surface area contributed by atoms with Crippen LogP contribution in [0.4, 0.5) is 5.69 Å². The molecular weight excluding hydrogens is 232 g/mol. The third-order valence-corrected chi connectivity index (χ3v) is 2.71. The van der Waals surface area contributed by atoms with Crippen molar-refractivity contribution < 1.29 is 14.7 Å². The number of aliphatic hydroxyl groups is 1. The van der Waals surface area contributed by atoms with Crippen molar-refractivity contribution >= 4 is 17.5 Å². The Kier molecular flexibility index (Phi) is 4.85. The highest BCUT2D eigenvalue weighted by Gasteiger charge is 2.16. The molecule has 0 aromatic heterocycles. The minimum Gasteiger partial charge on any atom is -0.394 e. The number of rotatable bonds is 3. The van der Waals surface area contributed by atoms with Gasteiger partial charge in [-0.1, -0.05) is 12.1 Å². The number of aryl methyl sites for hydroxylation is 1. The molecule has 0 radical (unpaired) electrons. The van der Waals surface area contributed by atoms with E-state index in [4.69, 9.17) is 5.11 Å². The van der Waals surface area contributed by atoms with Crippen LogP contribution in [0.5, 0.6) is 0 Å². The average molecular weight is 250 g/mol. The molecule has 5 heteroatoms. The molecule has 0 saturated heterocycles. The Labute approximate surface area is 106 Å². The van der Waals surface area contributed by atoms with Crippen LogP contribution < -0.4 is 10.6 Å². The largest absolute Gasteiger partial charge is 0.394 e. The van der Waals surface area contributed by atoms with E-state index in [2.05, 4.69) is 10.6 Å². The predicted molar refractivity (Wildman–Crippen MR) is 69.2 cm³/mol. The first-order valence-corrected chi connectivity index (χ1v) is 5.74. The Morgan fingerprint density at radius 1 is 1.28 bits per heavy atom. The van der Waals surface area contributed by atoms with Crippen molar-refractivity contribution in [2.75, 3.05) is 11.9 Å². The zero-order valence-corrected chi connectivity index (χ0v) is 10.8. The first-order valence-electron chi connectivity index (χ1n) is 5.74. The fourth-order valence-corrected chi connectivity index (χ4v) is 1.40. The smallest absolute Gasteiger partial charge is 0.313 e. The Bertz CT molecular complexity index is 458. The van der Waals surface area contributed by atoms with Gasteiger partial charge >= 0.3 is 11.8 Å². The number of carbonyl (C=O) groups excluding carboxylic acids is 2. The van der Waals surface area contributed by atoms with Crippen molar-refractivity contribution in [1.82, 2.24) is 5.32 Å². The van der Waals surface area contributed by atoms with Gasteiger partial charge in [0, 0.05) is 11.7 Å². The molecule has 0 fully saturated rings.